The van der Waals surface area contributed by atoms with Crippen LogP contribution in [0.5, 0.6) is 17.2 Å². The molecule has 7 heteroatoms. The summed E-state index contributed by atoms with van der Waals surface area (Å²) < 4.78 is 40.2. The summed E-state index contributed by atoms with van der Waals surface area (Å²) in [6.45, 7) is 1.64. The van der Waals surface area contributed by atoms with E-state index in [1.165, 1.54) is 25.3 Å². The van der Waals surface area contributed by atoms with Crippen molar-refractivity contribution in [1.82, 2.24) is 0 Å². The second-order valence-electron chi connectivity index (χ2n) is 4.65. The van der Waals surface area contributed by atoms with E-state index in [-0.39, 0.29) is 23.0 Å². The summed E-state index contributed by atoms with van der Waals surface area (Å²) in [7, 11) is -2.68. The van der Waals surface area contributed by atoms with Gasteiger partial charge in [0.1, 0.15) is 28.8 Å². The molecule has 0 aromatic heterocycles. The average molecular weight is 336 g/mol. The molecule has 0 aliphatic rings. The predicted molar refractivity (Wildman–Crippen MR) is 83.5 cm³/mol. The molecule has 0 saturated carbocycles. The van der Waals surface area contributed by atoms with E-state index < -0.39 is 10.1 Å². The van der Waals surface area contributed by atoms with Crippen LogP contribution in [0.25, 0.3) is 0 Å². The van der Waals surface area contributed by atoms with Gasteiger partial charge in [0, 0.05) is 6.07 Å². The molecule has 0 bridgehead atoms. The minimum Gasteiger partial charge on any atom is -0.495 e. The number of aryl methyl sites for hydroxylation is 1. The number of aldehydes is 1. The Labute approximate surface area is 134 Å². The van der Waals surface area contributed by atoms with Gasteiger partial charge in [-0.3, -0.25) is 4.79 Å². The van der Waals surface area contributed by atoms with E-state index in [1.54, 1.807) is 31.2 Å². The normalized spacial score (nSPS) is 10.9. The SMILES string of the molecule is COc1ccccc1S(=O)(=O)Oc1cc(C)cc(OCC=O)c1. The van der Waals surface area contributed by atoms with E-state index in [0.717, 1.165) is 5.56 Å². The van der Waals surface area contributed by atoms with Gasteiger partial charge in [-0.05, 0) is 36.8 Å². The first kappa shape index (κ1) is 16.8. The van der Waals surface area contributed by atoms with Gasteiger partial charge in [-0.15, -0.1) is 0 Å². The predicted octanol–water partition coefficient (Wildman–Crippen LogP) is 2.35. The van der Waals surface area contributed by atoms with Crippen molar-refractivity contribution in [2.75, 3.05) is 13.7 Å². The highest BCUT2D eigenvalue weighted by atomic mass is 32.2. The summed E-state index contributed by atoms with van der Waals surface area (Å²) in [5.41, 5.74) is 0.735. The van der Waals surface area contributed by atoms with Crippen molar-refractivity contribution >= 4 is 16.4 Å². The summed E-state index contributed by atoms with van der Waals surface area (Å²) in [4.78, 5) is 10.3. The van der Waals surface area contributed by atoms with Gasteiger partial charge in [-0.1, -0.05) is 12.1 Å². The lowest BCUT2D eigenvalue weighted by atomic mass is 10.2. The van der Waals surface area contributed by atoms with Crippen molar-refractivity contribution < 1.29 is 26.9 Å². The molecule has 23 heavy (non-hydrogen) atoms. The van der Waals surface area contributed by atoms with E-state index in [1.807, 2.05) is 0 Å². The molecule has 0 radical (unpaired) electrons. The Morgan fingerprint density at radius 2 is 1.78 bits per heavy atom. The van der Waals surface area contributed by atoms with Crippen LogP contribution < -0.4 is 13.7 Å². The van der Waals surface area contributed by atoms with Crippen LogP contribution in [-0.4, -0.2) is 28.4 Å². The Balaban J connectivity index is 2.33. The number of hydrogen-bond donors (Lipinski definition) is 0. The quantitative estimate of drug-likeness (QED) is 0.570. The van der Waals surface area contributed by atoms with Crippen molar-refractivity contribution in [3.8, 4) is 17.2 Å². The molecule has 0 fully saturated rings. The van der Waals surface area contributed by atoms with Gasteiger partial charge in [-0.25, -0.2) is 0 Å². The molecule has 0 heterocycles. The molecule has 0 aliphatic heterocycles. The van der Waals surface area contributed by atoms with Gasteiger partial charge in [0.25, 0.3) is 0 Å². The number of para-hydroxylation sites is 1. The van der Waals surface area contributed by atoms with Crippen molar-refractivity contribution in [2.45, 2.75) is 11.8 Å². The zero-order valence-corrected chi connectivity index (χ0v) is 13.5. The highest BCUT2D eigenvalue weighted by Gasteiger charge is 2.21. The molecule has 0 unspecified atom stereocenters. The van der Waals surface area contributed by atoms with Crippen molar-refractivity contribution in [1.29, 1.82) is 0 Å². The smallest absolute Gasteiger partial charge is 0.342 e. The topological polar surface area (TPSA) is 78.9 Å². The van der Waals surface area contributed by atoms with Gasteiger partial charge in [-0.2, -0.15) is 8.42 Å². The van der Waals surface area contributed by atoms with Crippen LogP contribution in [0.3, 0.4) is 0 Å². The second kappa shape index (κ2) is 7.15. The third kappa shape index (κ3) is 4.23. The van der Waals surface area contributed by atoms with Crippen LogP contribution in [0, 0.1) is 6.92 Å². The molecule has 0 atom stereocenters. The number of benzene rings is 2. The monoisotopic (exact) mass is 336 g/mol. The first-order valence-electron chi connectivity index (χ1n) is 6.72. The van der Waals surface area contributed by atoms with Crippen molar-refractivity contribution in [3.05, 3.63) is 48.0 Å². The van der Waals surface area contributed by atoms with Crippen molar-refractivity contribution in [3.63, 3.8) is 0 Å². The zero-order chi connectivity index (χ0) is 16.9. The lowest BCUT2D eigenvalue weighted by Gasteiger charge is -2.12. The summed E-state index contributed by atoms with van der Waals surface area (Å²) in [5.74, 6) is 0.636. The number of methoxy groups -OCH3 is 1. The molecular weight excluding hydrogens is 320 g/mol. The van der Waals surface area contributed by atoms with Crippen LogP contribution in [0.1, 0.15) is 5.56 Å². The molecule has 0 saturated heterocycles. The lowest BCUT2D eigenvalue weighted by molar-refractivity contribution is -0.109. The number of rotatable bonds is 7. The molecular formula is C16H16O6S. The molecule has 122 valence electrons. The number of hydrogen-bond acceptors (Lipinski definition) is 6. The third-order valence-electron chi connectivity index (χ3n) is 2.89. The number of ether oxygens (including phenoxy) is 2. The Morgan fingerprint density at radius 1 is 1.09 bits per heavy atom. The summed E-state index contributed by atoms with van der Waals surface area (Å²) >= 11 is 0. The highest BCUT2D eigenvalue weighted by molar-refractivity contribution is 7.87. The maximum absolute atomic E-state index is 12.4. The lowest BCUT2D eigenvalue weighted by Crippen LogP contribution is -2.11. The molecule has 0 spiro atoms. The molecule has 6 nitrogen and oxygen atoms in total. The molecule has 0 amide bonds. The highest BCUT2D eigenvalue weighted by Crippen LogP contribution is 2.29. The van der Waals surface area contributed by atoms with Crippen molar-refractivity contribution in [2.24, 2.45) is 0 Å². The minimum absolute atomic E-state index is 0.0700. The minimum atomic E-state index is -4.06. The fourth-order valence-corrected chi connectivity index (χ4v) is 3.05. The van der Waals surface area contributed by atoms with Gasteiger partial charge in [0.15, 0.2) is 6.29 Å². The molecule has 0 aliphatic carbocycles. The van der Waals surface area contributed by atoms with Crippen LogP contribution in [-0.2, 0) is 14.9 Å². The van der Waals surface area contributed by atoms with Gasteiger partial charge in [0.2, 0.25) is 0 Å². The fourth-order valence-electron chi connectivity index (χ4n) is 1.97. The Kier molecular flexibility index (Phi) is 5.23. The van der Waals surface area contributed by atoms with Gasteiger partial charge < -0.3 is 13.7 Å². The van der Waals surface area contributed by atoms with Crippen LogP contribution >= 0.6 is 0 Å². The maximum Gasteiger partial charge on any atom is 0.342 e. The van der Waals surface area contributed by atoms with Crippen LogP contribution in [0.15, 0.2) is 47.4 Å². The average Bonchev–Trinajstić information content (AvgIpc) is 2.52. The Hall–Kier alpha value is -2.54. The molecule has 2 aromatic carbocycles. The Morgan fingerprint density at radius 3 is 2.48 bits per heavy atom. The van der Waals surface area contributed by atoms with Gasteiger partial charge >= 0.3 is 10.1 Å². The summed E-state index contributed by atoms with van der Waals surface area (Å²) in [6.07, 6.45) is 0.606. The largest absolute Gasteiger partial charge is 0.495 e. The maximum atomic E-state index is 12.4. The third-order valence-corrected chi connectivity index (χ3v) is 4.17. The summed E-state index contributed by atoms with van der Waals surface area (Å²) in [5, 5.41) is 0. The standard InChI is InChI=1S/C16H16O6S/c1-12-9-13(21-8-7-17)11-14(10-12)22-23(18,19)16-6-4-3-5-15(16)20-2/h3-7,9-11H,8H2,1-2H3. The van der Waals surface area contributed by atoms with Gasteiger partial charge in [0.05, 0.1) is 7.11 Å². The second-order valence-corrected chi connectivity index (χ2v) is 6.16. The number of carbonyl (C=O) groups is 1. The number of carbonyl (C=O) groups excluding carboxylic acids is 1. The van der Waals surface area contributed by atoms with E-state index in [2.05, 4.69) is 0 Å². The van der Waals surface area contributed by atoms with E-state index >= 15 is 0 Å². The van der Waals surface area contributed by atoms with Crippen LogP contribution in [0.2, 0.25) is 0 Å². The first-order chi connectivity index (χ1) is 11.0. The van der Waals surface area contributed by atoms with E-state index in [9.17, 15) is 13.2 Å². The Bertz CT molecular complexity index is 798. The van der Waals surface area contributed by atoms with Crippen LogP contribution in [0.4, 0.5) is 0 Å². The zero-order valence-electron chi connectivity index (χ0n) is 12.7. The fraction of sp³-hybridized carbons (Fsp3) is 0.188. The molecule has 2 aromatic rings. The van der Waals surface area contributed by atoms with E-state index in [4.69, 9.17) is 13.7 Å². The molecule has 2 rings (SSSR count). The summed E-state index contributed by atoms with van der Waals surface area (Å²) in [6, 6.07) is 10.8. The first-order valence-corrected chi connectivity index (χ1v) is 8.13. The van der Waals surface area contributed by atoms with E-state index in [0.29, 0.717) is 12.0 Å². The molecule has 0 N–H and O–H groups in total.